The van der Waals surface area contributed by atoms with Crippen molar-refractivity contribution in [2.75, 3.05) is 25.0 Å². The lowest BCUT2D eigenvalue weighted by atomic mass is 10.2. The summed E-state index contributed by atoms with van der Waals surface area (Å²) >= 11 is 5.25. The second-order valence-corrected chi connectivity index (χ2v) is 7.80. The van der Waals surface area contributed by atoms with Gasteiger partial charge in [-0.15, -0.1) is 0 Å². The molecule has 7 heteroatoms. The van der Waals surface area contributed by atoms with Gasteiger partial charge in [0.1, 0.15) is 5.75 Å². The molecule has 0 heterocycles. The summed E-state index contributed by atoms with van der Waals surface area (Å²) in [4.78, 5) is 26.6. The van der Waals surface area contributed by atoms with Gasteiger partial charge in [-0.1, -0.05) is 26.2 Å². The summed E-state index contributed by atoms with van der Waals surface area (Å²) in [6, 6.07) is 14.0. The molecule has 32 heavy (non-hydrogen) atoms. The highest BCUT2D eigenvalue weighted by Gasteiger charge is 2.13. The number of anilines is 1. The van der Waals surface area contributed by atoms with Gasteiger partial charge < -0.3 is 15.0 Å². The normalized spacial score (nSPS) is 10.3. The molecule has 6 nitrogen and oxygen atoms in total. The summed E-state index contributed by atoms with van der Waals surface area (Å²) in [6.45, 7) is 8.09. The van der Waals surface area contributed by atoms with Crippen molar-refractivity contribution in [1.82, 2.24) is 10.2 Å². The average molecular weight is 456 g/mol. The number of rotatable bonds is 11. The Bertz CT molecular complexity index is 878. The van der Waals surface area contributed by atoms with Crippen LogP contribution in [0, 0.1) is 0 Å². The van der Waals surface area contributed by atoms with Crippen molar-refractivity contribution in [1.29, 1.82) is 0 Å². The van der Waals surface area contributed by atoms with Gasteiger partial charge in [0.05, 0.1) is 6.61 Å². The molecule has 0 radical (unpaired) electrons. The molecule has 0 bridgehead atoms. The molecule has 0 aliphatic rings. The Balaban J connectivity index is 1.83. The number of nitrogens with one attached hydrogen (secondary N) is 2. The van der Waals surface area contributed by atoms with Crippen LogP contribution in [0.3, 0.4) is 0 Å². The fourth-order valence-corrected chi connectivity index (χ4v) is 3.36. The minimum absolute atomic E-state index is 0.00850. The summed E-state index contributed by atoms with van der Waals surface area (Å²) in [5.41, 5.74) is 1.80. The van der Waals surface area contributed by atoms with Crippen molar-refractivity contribution in [2.45, 2.75) is 46.5 Å². The van der Waals surface area contributed by atoms with Gasteiger partial charge in [0.25, 0.3) is 11.8 Å². The molecule has 0 atom stereocenters. The van der Waals surface area contributed by atoms with Gasteiger partial charge in [0.15, 0.2) is 5.11 Å². The van der Waals surface area contributed by atoms with E-state index in [1.807, 2.05) is 13.8 Å². The van der Waals surface area contributed by atoms with E-state index >= 15 is 0 Å². The maximum atomic E-state index is 12.4. The first kappa shape index (κ1) is 25.3. The van der Waals surface area contributed by atoms with Gasteiger partial charge in [-0.3, -0.25) is 14.9 Å². The lowest BCUT2D eigenvalue weighted by Gasteiger charge is -2.18. The molecule has 172 valence electrons. The van der Waals surface area contributed by atoms with E-state index in [2.05, 4.69) is 17.6 Å². The number of hydrogen-bond acceptors (Lipinski definition) is 4. The van der Waals surface area contributed by atoms with Crippen LogP contribution in [-0.4, -0.2) is 41.5 Å². The number of hydrogen-bond donors (Lipinski definition) is 2. The molecule has 2 N–H and O–H groups in total. The third-order valence-electron chi connectivity index (χ3n) is 5.05. The lowest BCUT2D eigenvalue weighted by Crippen LogP contribution is -2.34. The molecule has 0 saturated carbocycles. The molecule has 2 aromatic rings. The minimum atomic E-state index is -0.301. The second-order valence-electron chi connectivity index (χ2n) is 7.40. The van der Waals surface area contributed by atoms with Crippen LogP contribution in [0.4, 0.5) is 5.69 Å². The number of ether oxygens (including phenoxy) is 1. The predicted octanol–water partition coefficient (Wildman–Crippen LogP) is 5.25. The maximum absolute atomic E-state index is 12.4. The number of carbonyl (C=O) groups is 2. The Kier molecular flexibility index (Phi) is 10.7. The average Bonchev–Trinajstić information content (AvgIpc) is 2.80. The quantitative estimate of drug-likeness (QED) is 0.357. The minimum Gasteiger partial charge on any atom is -0.494 e. The Labute approximate surface area is 196 Å². The van der Waals surface area contributed by atoms with Crippen LogP contribution in [0.15, 0.2) is 48.5 Å². The van der Waals surface area contributed by atoms with Crippen molar-refractivity contribution >= 4 is 34.8 Å². The molecule has 0 aliphatic heterocycles. The monoisotopic (exact) mass is 455 g/mol. The summed E-state index contributed by atoms with van der Waals surface area (Å²) in [5, 5.41) is 5.83. The summed E-state index contributed by atoms with van der Waals surface area (Å²) in [6.07, 6.45) is 4.61. The zero-order valence-corrected chi connectivity index (χ0v) is 20.0. The standard InChI is InChI=1S/C25H33N3O3S/c1-4-7-8-9-18-31-22-16-12-19(13-17-22)23(29)27-25(32)26-21-14-10-20(11-15-21)24(30)28(5-2)6-3/h10-17H,4-9,18H2,1-3H3,(H2,26,27,29,32). The van der Waals surface area contributed by atoms with Crippen LogP contribution in [0.1, 0.15) is 67.2 Å². The third kappa shape index (κ3) is 7.96. The van der Waals surface area contributed by atoms with Crippen molar-refractivity contribution in [2.24, 2.45) is 0 Å². The fraction of sp³-hybridized carbons (Fsp3) is 0.400. The highest BCUT2D eigenvalue weighted by molar-refractivity contribution is 7.80. The van der Waals surface area contributed by atoms with Gasteiger partial charge in [0.2, 0.25) is 0 Å². The van der Waals surface area contributed by atoms with E-state index in [4.69, 9.17) is 17.0 Å². The zero-order valence-electron chi connectivity index (χ0n) is 19.1. The van der Waals surface area contributed by atoms with Crippen LogP contribution in [0.2, 0.25) is 0 Å². The molecule has 0 aromatic heterocycles. The van der Waals surface area contributed by atoms with Crippen molar-refractivity contribution in [3.05, 3.63) is 59.7 Å². The van der Waals surface area contributed by atoms with Crippen molar-refractivity contribution in [3.63, 3.8) is 0 Å². The van der Waals surface area contributed by atoms with Gasteiger partial charge in [-0.2, -0.15) is 0 Å². The number of amides is 2. The number of nitrogens with zero attached hydrogens (tertiary/aromatic N) is 1. The second kappa shape index (κ2) is 13.5. The molecule has 0 fully saturated rings. The van der Waals surface area contributed by atoms with Gasteiger partial charge in [-0.05, 0) is 81.0 Å². The largest absolute Gasteiger partial charge is 0.494 e. The number of unbranched alkanes of at least 4 members (excludes halogenated alkanes) is 3. The van der Waals surface area contributed by atoms with E-state index in [0.29, 0.717) is 36.5 Å². The highest BCUT2D eigenvalue weighted by atomic mass is 32.1. The van der Waals surface area contributed by atoms with Crippen LogP contribution in [0.25, 0.3) is 0 Å². The number of benzene rings is 2. The molecule has 2 rings (SSSR count). The first-order valence-corrected chi connectivity index (χ1v) is 11.6. The zero-order chi connectivity index (χ0) is 23.3. The number of thiocarbonyl (C=S) groups is 1. The van der Waals surface area contributed by atoms with E-state index < -0.39 is 0 Å². The van der Waals surface area contributed by atoms with E-state index in [1.165, 1.54) is 12.8 Å². The van der Waals surface area contributed by atoms with E-state index in [1.54, 1.807) is 53.4 Å². The Morgan fingerprint density at radius 3 is 2.09 bits per heavy atom. The Hall–Kier alpha value is -2.93. The van der Waals surface area contributed by atoms with Crippen molar-refractivity contribution in [3.8, 4) is 5.75 Å². The van der Waals surface area contributed by atoms with Gasteiger partial charge >= 0.3 is 0 Å². The predicted molar refractivity (Wildman–Crippen MR) is 133 cm³/mol. The van der Waals surface area contributed by atoms with Crippen LogP contribution >= 0.6 is 12.2 Å². The van der Waals surface area contributed by atoms with Crippen LogP contribution < -0.4 is 15.4 Å². The topological polar surface area (TPSA) is 70.7 Å². The maximum Gasteiger partial charge on any atom is 0.257 e. The molecular formula is C25H33N3O3S. The lowest BCUT2D eigenvalue weighted by molar-refractivity contribution is 0.0772. The molecule has 0 aliphatic carbocycles. The molecule has 0 unspecified atom stereocenters. The molecule has 0 spiro atoms. The molecule has 0 saturated heterocycles. The fourth-order valence-electron chi connectivity index (χ4n) is 3.15. The SMILES string of the molecule is CCCCCCOc1ccc(C(=O)NC(=S)Nc2ccc(C(=O)N(CC)CC)cc2)cc1. The van der Waals surface area contributed by atoms with Gasteiger partial charge in [-0.25, -0.2) is 0 Å². The highest BCUT2D eigenvalue weighted by Crippen LogP contribution is 2.14. The molecule has 2 amide bonds. The van der Waals surface area contributed by atoms with Crippen molar-refractivity contribution < 1.29 is 14.3 Å². The third-order valence-corrected chi connectivity index (χ3v) is 5.25. The van der Waals surface area contributed by atoms with Crippen LogP contribution in [0.5, 0.6) is 5.75 Å². The van der Waals surface area contributed by atoms with E-state index in [0.717, 1.165) is 18.6 Å². The van der Waals surface area contributed by atoms with E-state index in [9.17, 15) is 9.59 Å². The number of carbonyl (C=O) groups excluding carboxylic acids is 2. The summed E-state index contributed by atoms with van der Waals surface area (Å²) in [7, 11) is 0. The Morgan fingerprint density at radius 2 is 1.50 bits per heavy atom. The van der Waals surface area contributed by atoms with Gasteiger partial charge in [0, 0.05) is 29.9 Å². The van der Waals surface area contributed by atoms with Crippen LogP contribution in [-0.2, 0) is 0 Å². The smallest absolute Gasteiger partial charge is 0.257 e. The Morgan fingerprint density at radius 1 is 0.875 bits per heavy atom. The summed E-state index contributed by atoms with van der Waals surface area (Å²) in [5.74, 6) is 0.439. The first-order valence-electron chi connectivity index (χ1n) is 11.2. The first-order chi connectivity index (χ1) is 15.5. The van der Waals surface area contributed by atoms with E-state index in [-0.39, 0.29) is 16.9 Å². The molecular weight excluding hydrogens is 422 g/mol. The summed E-state index contributed by atoms with van der Waals surface area (Å²) < 4.78 is 5.71. The molecule has 2 aromatic carbocycles.